The molecule has 1 amide bonds. The van der Waals surface area contributed by atoms with Crippen LogP contribution in [0.25, 0.3) is 0 Å². The van der Waals surface area contributed by atoms with E-state index in [1.807, 2.05) is 48.5 Å². The monoisotopic (exact) mass is 489 g/mol. The maximum Gasteiger partial charge on any atom is 0.217 e. The van der Waals surface area contributed by atoms with Crippen LogP contribution in [0.15, 0.2) is 54.9 Å². The molecule has 3 aromatic rings. The van der Waals surface area contributed by atoms with E-state index < -0.39 is 6.29 Å². The first kappa shape index (κ1) is 23.7. The summed E-state index contributed by atoms with van der Waals surface area (Å²) in [7, 11) is 0. The summed E-state index contributed by atoms with van der Waals surface area (Å²) >= 11 is 12.3. The van der Waals surface area contributed by atoms with Crippen LogP contribution in [0.2, 0.25) is 10.3 Å². The molecule has 7 nitrogen and oxygen atoms in total. The minimum absolute atomic E-state index is 0.00904. The van der Waals surface area contributed by atoms with Gasteiger partial charge in [0.25, 0.3) is 0 Å². The number of benzene rings is 2. The van der Waals surface area contributed by atoms with E-state index in [2.05, 4.69) is 10.3 Å². The molecule has 2 aromatic carbocycles. The fourth-order valence-electron chi connectivity index (χ4n) is 3.74. The van der Waals surface area contributed by atoms with E-state index in [1.165, 1.54) is 6.92 Å². The van der Waals surface area contributed by atoms with Gasteiger partial charge in [-0.05, 0) is 16.7 Å². The molecule has 1 aliphatic heterocycles. The number of carbonyl (C=O) groups is 1. The molecule has 1 aromatic heterocycles. The molecule has 0 aliphatic carbocycles. The first-order valence-corrected chi connectivity index (χ1v) is 11.4. The molecule has 174 valence electrons. The number of aliphatic hydroxyl groups excluding tert-OH is 1. The quantitative estimate of drug-likeness (QED) is 0.507. The van der Waals surface area contributed by atoms with Gasteiger partial charge in [-0.25, -0.2) is 4.98 Å². The van der Waals surface area contributed by atoms with Crippen LogP contribution in [0.3, 0.4) is 0 Å². The molecule has 0 bridgehead atoms. The van der Waals surface area contributed by atoms with Gasteiger partial charge in [0.1, 0.15) is 5.15 Å². The van der Waals surface area contributed by atoms with Crippen molar-refractivity contribution in [3.8, 4) is 0 Å². The van der Waals surface area contributed by atoms with Crippen molar-refractivity contribution in [2.75, 3.05) is 0 Å². The zero-order valence-corrected chi connectivity index (χ0v) is 19.6. The Morgan fingerprint density at radius 2 is 1.76 bits per heavy atom. The molecular weight excluding hydrogens is 465 g/mol. The Hall–Kier alpha value is -2.42. The van der Waals surface area contributed by atoms with Crippen LogP contribution in [0.1, 0.15) is 48.0 Å². The highest BCUT2D eigenvalue weighted by molar-refractivity contribution is 6.40. The van der Waals surface area contributed by atoms with E-state index in [0.29, 0.717) is 24.7 Å². The zero-order valence-electron chi connectivity index (χ0n) is 18.1. The number of aliphatic hydroxyl groups is 1. The molecule has 33 heavy (non-hydrogen) atoms. The maximum absolute atomic E-state index is 11.2. The van der Waals surface area contributed by atoms with E-state index >= 15 is 0 Å². The van der Waals surface area contributed by atoms with Gasteiger partial charge >= 0.3 is 0 Å². The number of hydrogen-bond donors (Lipinski definition) is 2. The van der Waals surface area contributed by atoms with Crippen LogP contribution >= 0.6 is 23.2 Å². The second kappa shape index (κ2) is 10.7. The molecule has 9 heteroatoms. The van der Waals surface area contributed by atoms with Gasteiger partial charge in [-0.1, -0.05) is 71.7 Å². The fourth-order valence-corrected chi connectivity index (χ4v) is 4.06. The fraction of sp³-hybridized carbons (Fsp3) is 0.333. The highest BCUT2D eigenvalue weighted by Gasteiger charge is 2.32. The lowest BCUT2D eigenvalue weighted by Crippen LogP contribution is -2.32. The third-order valence-corrected chi connectivity index (χ3v) is 6.31. The third-order valence-electron chi connectivity index (χ3n) is 5.54. The summed E-state index contributed by atoms with van der Waals surface area (Å²) < 4.78 is 14.4. The number of imidazole rings is 1. The van der Waals surface area contributed by atoms with E-state index in [9.17, 15) is 9.90 Å². The van der Waals surface area contributed by atoms with Crippen molar-refractivity contribution in [3.05, 3.63) is 87.4 Å². The van der Waals surface area contributed by atoms with Gasteiger partial charge in [0.05, 0.1) is 31.7 Å². The predicted molar refractivity (Wildman–Crippen MR) is 125 cm³/mol. The van der Waals surface area contributed by atoms with Gasteiger partial charge in [-0.15, -0.1) is 0 Å². The third kappa shape index (κ3) is 5.93. The Labute approximate surface area is 202 Å². The van der Waals surface area contributed by atoms with Gasteiger partial charge in [0, 0.05) is 25.5 Å². The normalized spacial score (nSPS) is 20.5. The summed E-state index contributed by atoms with van der Waals surface area (Å²) in [6, 6.07) is 15.5. The lowest BCUT2D eigenvalue weighted by molar-refractivity contribution is -0.252. The number of rotatable bonds is 7. The second-order valence-corrected chi connectivity index (χ2v) is 8.70. The van der Waals surface area contributed by atoms with Crippen LogP contribution < -0.4 is 5.32 Å². The Kier molecular flexibility index (Phi) is 7.67. The number of aromatic nitrogens is 2. The van der Waals surface area contributed by atoms with E-state index in [-0.39, 0.29) is 29.9 Å². The van der Waals surface area contributed by atoms with Crippen LogP contribution in [-0.2, 0) is 34.0 Å². The van der Waals surface area contributed by atoms with Gasteiger partial charge < -0.3 is 24.5 Å². The molecule has 1 fully saturated rings. The smallest absolute Gasteiger partial charge is 0.217 e. The number of ether oxygens (including phenoxy) is 2. The Morgan fingerprint density at radius 3 is 2.36 bits per heavy atom. The summed E-state index contributed by atoms with van der Waals surface area (Å²) in [5, 5.41) is 12.8. The minimum Gasteiger partial charge on any atom is -0.392 e. The average molecular weight is 490 g/mol. The standard InChI is InChI=1S/C24H25Cl2N3O4/c1-15(31)27-11-16-2-8-19(9-3-16)24-32-20(12-29-14-28-22(25)23(29)26)10-21(33-24)18-6-4-17(13-30)5-7-18/h2-9,14,20-21,24,30H,10-13H2,1H3,(H,27,31)/t20-,21+,24+/m0/s1. The van der Waals surface area contributed by atoms with Crippen molar-refractivity contribution in [1.29, 1.82) is 0 Å². The topological polar surface area (TPSA) is 85.6 Å². The number of halogens is 2. The maximum atomic E-state index is 11.2. The first-order chi connectivity index (χ1) is 15.9. The number of hydrogen-bond acceptors (Lipinski definition) is 5. The largest absolute Gasteiger partial charge is 0.392 e. The average Bonchev–Trinajstić information content (AvgIpc) is 3.15. The lowest BCUT2D eigenvalue weighted by Gasteiger charge is -2.36. The highest BCUT2D eigenvalue weighted by Crippen LogP contribution is 2.38. The summed E-state index contributed by atoms with van der Waals surface area (Å²) in [5.74, 6) is -0.0748. The van der Waals surface area contributed by atoms with Gasteiger partial charge in [0.15, 0.2) is 11.4 Å². The molecule has 0 radical (unpaired) electrons. The molecule has 0 spiro atoms. The molecule has 1 saturated heterocycles. The second-order valence-electron chi connectivity index (χ2n) is 7.98. The molecule has 0 unspecified atom stereocenters. The van der Waals surface area contributed by atoms with Gasteiger partial charge in [-0.2, -0.15) is 0 Å². The molecule has 2 N–H and O–H groups in total. The van der Waals surface area contributed by atoms with Crippen molar-refractivity contribution >= 4 is 29.1 Å². The molecule has 4 rings (SSSR count). The molecule has 1 aliphatic rings. The lowest BCUT2D eigenvalue weighted by atomic mass is 10.00. The van der Waals surface area contributed by atoms with Crippen molar-refractivity contribution in [3.63, 3.8) is 0 Å². The Balaban J connectivity index is 1.55. The van der Waals surface area contributed by atoms with Crippen LogP contribution in [0.5, 0.6) is 0 Å². The van der Waals surface area contributed by atoms with Crippen molar-refractivity contribution < 1.29 is 19.4 Å². The van der Waals surface area contributed by atoms with E-state index in [1.54, 1.807) is 10.9 Å². The Bertz CT molecular complexity index is 1090. The minimum atomic E-state index is -0.584. The van der Waals surface area contributed by atoms with Crippen molar-refractivity contribution in [1.82, 2.24) is 14.9 Å². The highest BCUT2D eigenvalue weighted by atomic mass is 35.5. The van der Waals surface area contributed by atoms with Crippen LogP contribution in [0.4, 0.5) is 0 Å². The van der Waals surface area contributed by atoms with Crippen LogP contribution in [0, 0.1) is 0 Å². The summed E-state index contributed by atoms with van der Waals surface area (Å²) in [5.41, 5.74) is 3.70. The number of carbonyl (C=O) groups excluding carboxylic acids is 1. The van der Waals surface area contributed by atoms with E-state index in [4.69, 9.17) is 32.7 Å². The van der Waals surface area contributed by atoms with Crippen molar-refractivity contribution in [2.24, 2.45) is 0 Å². The summed E-state index contributed by atoms with van der Waals surface area (Å²) in [6.07, 6.45) is 1.22. The number of nitrogens with zero attached hydrogens (tertiary/aromatic N) is 2. The summed E-state index contributed by atoms with van der Waals surface area (Å²) in [4.78, 5) is 15.2. The Morgan fingerprint density at radius 1 is 1.09 bits per heavy atom. The van der Waals surface area contributed by atoms with E-state index in [0.717, 1.165) is 22.3 Å². The number of nitrogens with one attached hydrogen (secondary N) is 1. The van der Waals surface area contributed by atoms with Gasteiger partial charge in [0.2, 0.25) is 5.91 Å². The molecule has 3 atom stereocenters. The van der Waals surface area contributed by atoms with Crippen molar-refractivity contribution in [2.45, 2.75) is 51.5 Å². The summed E-state index contributed by atoms with van der Waals surface area (Å²) in [6.45, 7) is 2.42. The predicted octanol–water partition coefficient (Wildman–Crippen LogP) is 4.56. The molecule has 0 saturated carbocycles. The first-order valence-electron chi connectivity index (χ1n) is 10.6. The molecule has 2 heterocycles. The van der Waals surface area contributed by atoms with Crippen LogP contribution in [-0.4, -0.2) is 26.7 Å². The molecular formula is C24H25Cl2N3O4. The number of amides is 1. The van der Waals surface area contributed by atoms with Gasteiger partial charge in [-0.3, -0.25) is 4.79 Å². The zero-order chi connectivity index (χ0) is 23.4. The SMILES string of the molecule is CC(=O)NCc1ccc([C@@H]2O[C@H](Cn3cnc(Cl)c3Cl)C[C@H](c3ccc(CO)cc3)O2)cc1.